The van der Waals surface area contributed by atoms with Crippen molar-refractivity contribution >= 4 is 17.6 Å². The molecule has 18 heavy (non-hydrogen) atoms. The van der Waals surface area contributed by atoms with E-state index in [1.807, 2.05) is 13.8 Å². The normalized spacial score (nSPS) is 14.7. The average molecular weight is 270 g/mol. The van der Waals surface area contributed by atoms with Gasteiger partial charge in [0.1, 0.15) is 0 Å². The lowest BCUT2D eigenvalue weighted by atomic mass is 9.98. The summed E-state index contributed by atoms with van der Waals surface area (Å²) < 4.78 is 5.33. The van der Waals surface area contributed by atoms with E-state index in [9.17, 15) is 9.90 Å². The Labute approximate surface area is 111 Å². The first-order valence-electron chi connectivity index (χ1n) is 6.01. The van der Waals surface area contributed by atoms with Crippen LogP contribution < -0.4 is 0 Å². The Morgan fingerprint density at radius 2 is 2.28 bits per heavy atom. The number of nitrogens with zero attached hydrogens (tertiary/aromatic N) is 1. The van der Waals surface area contributed by atoms with Crippen LogP contribution in [0.3, 0.4) is 0 Å². The molecule has 0 saturated carbocycles. The second-order valence-corrected chi connectivity index (χ2v) is 5.26. The van der Waals surface area contributed by atoms with Crippen molar-refractivity contribution in [3.63, 3.8) is 0 Å². The van der Waals surface area contributed by atoms with Crippen LogP contribution in [0.25, 0.3) is 0 Å². The Morgan fingerprint density at radius 3 is 2.89 bits per heavy atom. The van der Waals surface area contributed by atoms with Crippen LogP contribution in [0.5, 0.6) is 0 Å². The van der Waals surface area contributed by atoms with Crippen LogP contribution in [-0.4, -0.2) is 22.7 Å². The van der Waals surface area contributed by atoms with Gasteiger partial charge < -0.3 is 9.84 Å². The number of halogens is 1. The molecule has 0 radical (unpaired) electrons. The largest absolute Gasteiger partial charge is 0.478 e. The number of hydrogen-bond donors (Lipinski definition) is 1. The zero-order valence-electron chi connectivity index (χ0n) is 10.5. The summed E-state index contributed by atoms with van der Waals surface area (Å²) in [5.41, 5.74) is 2.32. The summed E-state index contributed by atoms with van der Waals surface area (Å²) in [5, 5.41) is 9.62. The van der Waals surface area contributed by atoms with E-state index < -0.39 is 5.97 Å². The number of carboxylic acids is 1. The topological polar surface area (TPSA) is 59.4 Å². The van der Waals surface area contributed by atoms with Crippen molar-refractivity contribution in [1.82, 2.24) is 4.98 Å². The molecule has 1 aliphatic heterocycles. The minimum Gasteiger partial charge on any atom is -0.478 e. The molecule has 2 rings (SSSR count). The summed E-state index contributed by atoms with van der Waals surface area (Å²) in [6.45, 7) is 5.00. The summed E-state index contributed by atoms with van der Waals surface area (Å²) in [6.07, 6.45) is 1.23. The first-order valence-corrected chi connectivity index (χ1v) is 6.39. The molecule has 1 N–H and O–H groups in total. The average Bonchev–Trinajstić information content (AvgIpc) is 2.29. The summed E-state index contributed by atoms with van der Waals surface area (Å²) in [6, 6.07) is 0. The fourth-order valence-electron chi connectivity index (χ4n) is 2.18. The lowest BCUT2D eigenvalue weighted by Gasteiger charge is -2.20. The lowest BCUT2D eigenvalue weighted by Crippen LogP contribution is -2.19. The summed E-state index contributed by atoms with van der Waals surface area (Å²) in [4.78, 5) is 15.9. The van der Waals surface area contributed by atoms with E-state index in [0.29, 0.717) is 37.7 Å². The van der Waals surface area contributed by atoms with Crippen molar-refractivity contribution in [2.45, 2.75) is 33.3 Å². The second-order valence-electron chi connectivity index (χ2n) is 4.88. The summed E-state index contributed by atoms with van der Waals surface area (Å²) in [5.74, 6) is -0.607. The van der Waals surface area contributed by atoms with Crippen molar-refractivity contribution < 1.29 is 14.6 Å². The number of fused-ring (bicyclic) bond motifs is 1. The maximum atomic E-state index is 11.4. The van der Waals surface area contributed by atoms with Gasteiger partial charge in [-0.1, -0.05) is 25.4 Å². The highest BCUT2D eigenvalue weighted by Gasteiger charge is 2.25. The number of carbonyl (C=O) groups is 1. The fourth-order valence-corrected chi connectivity index (χ4v) is 2.49. The number of aromatic carboxylic acids is 1. The standard InChI is InChI=1S/C13H16ClNO3/c1-7(2)5-9-12(14)11(13(16)17)8-3-4-18-6-10(8)15-9/h7H,3-6H2,1-2H3,(H,16,17). The van der Waals surface area contributed by atoms with Crippen LogP contribution in [-0.2, 0) is 24.2 Å². The molecule has 1 aliphatic rings. The molecular formula is C13H16ClNO3. The first-order chi connectivity index (χ1) is 8.50. The lowest BCUT2D eigenvalue weighted by molar-refractivity contribution is 0.0689. The maximum absolute atomic E-state index is 11.4. The predicted molar refractivity (Wildman–Crippen MR) is 68.1 cm³/mol. The first kappa shape index (κ1) is 13.3. The van der Waals surface area contributed by atoms with Crippen LogP contribution in [0.4, 0.5) is 0 Å². The van der Waals surface area contributed by atoms with Gasteiger partial charge in [0.2, 0.25) is 0 Å². The molecule has 0 bridgehead atoms. The monoisotopic (exact) mass is 269 g/mol. The van der Waals surface area contributed by atoms with Gasteiger partial charge in [-0.25, -0.2) is 4.79 Å². The van der Waals surface area contributed by atoms with Gasteiger partial charge in [-0.05, 0) is 24.3 Å². The molecule has 0 atom stereocenters. The SMILES string of the molecule is CC(C)Cc1nc2c(c(C(=O)O)c1Cl)CCOC2. The van der Waals surface area contributed by atoms with Crippen molar-refractivity contribution in [2.24, 2.45) is 5.92 Å². The molecule has 0 fully saturated rings. The number of ether oxygens (including phenoxy) is 1. The van der Waals surface area contributed by atoms with Crippen molar-refractivity contribution in [2.75, 3.05) is 6.61 Å². The predicted octanol–water partition coefficient (Wildman–Crippen LogP) is 2.70. The van der Waals surface area contributed by atoms with Gasteiger partial charge >= 0.3 is 5.97 Å². The third-order valence-electron chi connectivity index (χ3n) is 2.94. The van der Waals surface area contributed by atoms with E-state index in [4.69, 9.17) is 16.3 Å². The van der Waals surface area contributed by atoms with Gasteiger partial charge in [-0.3, -0.25) is 4.98 Å². The highest BCUT2D eigenvalue weighted by molar-refractivity contribution is 6.34. The molecule has 1 aromatic rings. The number of aromatic nitrogens is 1. The quantitative estimate of drug-likeness (QED) is 0.917. The van der Waals surface area contributed by atoms with Crippen LogP contribution in [0, 0.1) is 5.92 Å². The van der Waals surface area contributed by atoms with Gasteiger partial charge in [0, 0.05) is 0 Å². The highest BCUT2D eigenvalue weighted by Crippen LogP contribution is 2.30. The van der Waals surface area contributed by atoms with E-state index >= 15 is 0 Å². The fraction of sp³-hybridized carbons (Fsp3) is 0.538. The Bertz CT molecular complexity index is 486. The molecule has 98 valence electrons. The Balaban J connectivity index is 2.57. The van der Waals surface area contributed by atoms with E-state index in [1.54, 1.807) is 0 Å². The minimum atomic E-state index is -0.981. The van der Waals surface area contributed by atoms with Crippen molar-refractivity contribution in [3.8, 4) is 0 Å². The molecule has 0 aliphatic carbocycles. The number of rotatable bonds is 3. The number of pyridine rings is 1. The summed E-state index contributed by atoms with van der Waals surface area (Å²) in [7, 11) is 0. The number of hydrogen-bond acceptors (Lipinski definition) is 3. The Kier molecular flexibility index (Phi) is 3.88. The smallest absolute Gasteiger partial charge is 0.337 e. The van der Waals surface area contributed by atoms with Gasteiger partial charge in [0.15, 0.2) is 0 Å². The Morgan fingerprint density at radius 1 is 1.56 bits per heavy atom. The molecule has 4 nitrogen and oxygen atoms in total. The molecule has 5 heteroatoms. The van der Waals surface area contributed by atoms with Gasteiger partial charge in [0.25, 0.3) is 0 Å². The molecule has 0 saturated heterocycles. The Hall–Kier alpha value is -1.13. The molecular weight excluding hydrogens is 254 g/mol. The zero-order chi connectivity index (χ0) is 13.3. The van der Waals surface area contributed by atoms with Crippen LogP contribution in [0.2, 0.25) is 5.02 Å². The van der Waals surface area contributed by atoms with E-state index in [2.05, 4.69) is 4.98 Å². The molecule has 2 heterocycles. The molecule has 0 unspecified atom stereocenters. The van der Waals surface area contributed by atoms with Gasteiger partial charge in [0.05, 0.1) is 35.2 Å². The zero-order valence-corrected chi connectivity index (χ0v) is 11.3. The summed E-state index contributed by atoms with van der Waals surface area (Å²) >= 11 is 6.20. The van der Waals surface area contributed by atoms with Crippen LogP contribution >= 0.6 is 11.6 Å². The minimum absolute atomic E-state index is 0.209. The van der Waals surface area contributed by atoms with Gasteiger partial charge in [-0.15, -0.1) is 0 Å². The van der Waals surface area contributed by atoms with E-state index in [-0.39, 0.29) is 10.6 Å². The molecule has 0 spiro atoms. The van der Waals surface area contributed by atoms with Gasteiger partial charge in [-0.2, -0.15) is 0 Å². The molecule has 0 aromatic carbocycles. The van der Waals surface area contributed by atoms with E-state index in [1.165, 1.54) is 0 Å². The molecule has 1 aromatic heterocycles. The third kappa shape index (κ3) is 2.49. The van der Waals surface area contributed by atoms with Crippen LogP contribution in [0.1, 0.15) is 41.2 Å². The second kappa shape index (κ2) is 5.24. The van der Waals surface area contributed by atoms with Crippen molar-refractivity contribution in [3.05, 3.63) is 27.5 Å². The highest BCUT2D eigenvalue weighted by atomic mass is 35.5. The van der Waals surface area contributed by atoms with Crippen LogP contribution in [0.15, 0.2) is 0 Å². The third-order valence-corrected chi connectivity index (χ3v) is 3.35. The number of carboxylic acid groups (broad SMARTS) is 1. The van der Waals surface area contributed by atoms with E-state index in [0.717, 1.165) is 11.3 Å². The van der Waals surface area contributed by atoms with Crippen molar-refractivity contribution in [1.29, 1.82) is 0 Å². The molecule has 0 amide bonds. The maximum Gasteiger partial charge on any atom is 0.337 e.